The van der Waals surface area contributed by atoms with Crippen LogP contribution in [0.2, 0.25) is 5.02 Å². The van der Waals surface area contributed by atoms with E-state index in [0.29, 0.717) is 37.7 Å². The smallest absolute Gasteiger partial charge is 0.339 e. The fraction of sp³-hybridized carbons (Fsp3) is 0.444. The minimum absolute atomic E-state index is 0.230. The summed E-state index contributed by atoms with van der Waals surface area (Å²) in [6.45, 7) is 3.87. The predicted octanol–water partition coefficient (Wildman–Crippen LogP) is 3.35. The number of hydrogen-bond acceptors (Lipinski definition) is 3. The summed E-state index contributed by atoms with van der Waals surface area (Å²) in [6.07, 6.45) is -4.54. The van der Waals surface area contributed by atoms with Gasteiger partial charge in [-0.3, -0.25) is 14.4 Å². The van der Waals surface area contributed by atoms with Gasteiger partial charge in [-0.2, -0.15) is 18.3 Å². The molecule has 28 heavy (non-hydrogen) atoms. The highest BCUT2D eigenvalue weighted by Crippen LogP contribution is 2.28. The number of hydrogen-bond donors (Lipinski definition) is 0. The molecule has 2 heterocycles. The van der Waals surface area contributed by atoms with Crippen LogP contribution in [0.3, 0.4) is 0 Å². The minimum Gasteiger partial charge on any atom is -0.339 e. The molecular weight excluding hydrogens is 400 g/mol. The maximum Gasteiger partial charge on any atom is 0.435 e. The van der Waals surface area contributed by atoms with E-state index < -0.39 is 17.7 Å². The minimum atomic E-state index is -4.54. The highest BCUT2D eigenvalue weighted by molar-refractivity contribution is 6.31. The second-order valence-electron chi connectivity index (χ2n) is 6.72. The maximum atomic E-state index is 13.1. The molecule has 1 aliphatic rings. The number of nitrogens with zero attached hydrogens (tertiary/aromatic N) is 4. The second kappa shape index (κ2) is 8.08. The molecule has 0 N–H and O–H groups in total. The molecule has 0 bridgehead atoms. The SMILES string of the molecule is Cc1cc(C(F)(F)F)nn1CC(=O)N1CCN(Cc2ccc(F)cc2Cl)CC1. The molecule has 2 aromatic rings. The van der Waals surface area contributed by atoms with Crippen LogP contribution in [0, 0.1) is 12.7 Å². The fourth-order valence-electron chi connectivity index (χ4n) is 3.08. The van der Waals surface area contributed by atoms with Crippen LogP contribution in [0.4, 0.5) is 17.6 Å². The first-order valence-corrected chi connectivity index (χ1v) is 9.07. The summed E-state index contributed by atoms with van der Waals surface area (Å²) in [7, 11) is 0. The molecule has 0 aliphatic carbocycles. The Morgan fingerprint density at radius 1 is 1.18 bits per heavy atom. The Kier molecular flexibility index (Phi) is 5.95. The van der Waals surface area contributed by atoms with Gasteiger partial charge in [0.2, 0.25) is 5.91 Å². The maximum absolute atomic E-state index is 13.1. The molecule has 10 heteroatoms. The fourth-order valence-corrected chi connectivity index (χ4v) is 3.31. The Morgan fingerprint density at radius 2 is 1.86 bits per heavy atom. The predicted molar refractivity (Wildman–Crippen MR) is 95.2 cm³/mol. The number of aryl methyl sites for hydroxylation is 1. The van der Waals surface area contributed by atoms with Crippen molar-refractivity contribution in [2.75, 3.05) is 26.2 Å². The van der Waals surface area contributed by atoms with Crippen LogP contribution in [-0.2, 0) is 24.1 Å². The molecule has 0 atom stereocenters. The molecule has 0 unspecified atom stereocenters. The van der Waals surface area contributed by atoms with Gasteiger partial charge in [-0.25, -0.2) is 4.39 Å². The number of carbonyl (C=O) groups is 1. The standard InChI is InChI=1S/C18H19ClF4N4O/c1-12-8-16(18(21,22)23)24-27(12)11-17(28)26-6-4-25(5-7-26)10-13-2-3-14(20)9-15(13)19/h2-3,8-9H,4-7,10-11H2,1H3. The number of amides is 1. The quantitative estimate of drug-likeness (QED) is 0.715. The third kappa shape index (κ3) is 4.82. The Balaban J connectivity index is 1.55. The number of carbonyl (C=O) groups excluding carboxylic acids is 1. The third-order valence-corrected chi connectivity index (χ3v) is 5.04. The summed E-state index contributed by atoms with van der Waals surface area (Å²) < 4.78 is 52.4. The average molecular weight is 419 g/mol. The van der Waals surface area contributed by atoms with Crippen LogP contribution in [0.1, 0.15) is 17.0 Å². The van der Waals surface area contributed by atoms with Crippen molar-refractivity contribution in [2.24, 2.45) is 0 Å². The second-order valence-corrected chi connectivity index (χ2v) is 7.13. The van der Waals surface area contributed by atoms with Crippen LogP contribution in [0.15, 0.2) is 24.3 Å². The normalized spacial score (nSPS) is 15.9. The van der Waals surface area contributed by atoms with E-state index in [0.717, 1.165) is 16.3 Å². The van der Waals surface area contributed by atoms with E-state index in [1.54, 1.807) is 11.0 Å². The lowest BCUT2D eigenvalue weighted by atomic mass is 10.2. The van der Waals surface area contributed by atoms with Crippen LogP contribution < -0.4 is 0 Å². The van der Waals surface area contributed by atoms with E-state index in [-0.39, 0.29) is 18.1 Å². The van der Waals surface area contributed by atoms with Gasteiger partial charge in [-0.05, 0) is 30.7 Å². The van der Waals surface area contributed by atoms with Crippen molar-refractivity contribution in [2.45, 2.75) is 26.2 Å². The van der Waals surface area contributed by atoms with Crippen molar-refractivity contribution in [3.63, 3.8) is 0 Å². The number of aromatic nitrogens is 2. The van der Waals surface area contributed by atoms with Crippen LogP contribution in [0.25, 0.3) is 0 Å². The van der Waals surface area contributed by atoms with Crippen LogP contribution in [0.5, 0.6) is 0 Å². The molecule has 1 saturated heterocycles. The highest BCUT2D eigenvalue weighted by Gasteiger charge is 2.34. The van der Waals surface area contributed by atoms with Gasteiger partial charge in [0, 0.05) is 43.4 Å². The zero-order valence-corrected chi connectivity index (χ0v) is 15.9. The largest absolute Gasteiger partial charge is 0.435 e. The molecule has 0 spiro atoms. The molecule has 1 amide bonds. The van der Waals surface area contributed by atoms with E-state index >= 15 is 0 Å². The van der Waals surface area contributed by atoms with Gasteiger partial charge in [0.05, 0.1) is 0 Å². The van der Waals surface area contributed by atoms with Crippen molar-refractivity contribution < 1.29 is 22.4 Å². The number of benzene rings is 1. The van der Waals surface area contributed by atoms with E-state index in [1.807, 2.05) is 0 Å². The van der Waals surface area contributed by atoms with E-state index in [2.05, 4.69) is 10.00 Å². The number of alkyl halides is 3. The Hall–Kier alpha value is -2.13. The van der Waals surface area contributed by atoms with Crippen LogP contribution >= 0.6 is 11.6 Å². The Labute approximate surface area is 164 Å². The molecule has 152 valence electrons. The lowest BCUT2D eigenvalue weighted by molar-refractivity contribution is -0.142. The lowest BCUT2D eigenvalue weighted by Gasteiger charge is -2.35. The Morgan fingerprint density at radius 3 is 2.43 bits per heavy atom. The molecule has 0 radical (unpaired) electrons. The van der Waals surface area contributed by atoms with Gasteiger partial charge in [0.25, 0.3) is 0 Å². The van der Waals surface area contributed by atoms with Gasteiger partial charge in [0.15, 0.2) is 5.69 Å². The summed E-state index contributed by atoms with van der Waals surface area (Å²) in [4.78, 5) is 16.1. The van der Waals surface area contributed by atoms with Gasteiger partial charge in [-0.1, -0.05) is 17.7 Å². The molecule has 1 fully saturated rings. The molecule has 0 saturated carbocycles. The molecule has 5 nitrogen and oxygen atoms in total. The van der Waals surface area contributed by atoms with Crippen molar-refractivity contribution in [3.05, 3.63) is 52.1 Å². The first kappa shape index (κ1) is 20.6. The van der Waals surface area contributed by atoms with Gasteiger partial charge in [0.1, 0.15) is 12.4 Å². The third-order valence-electron chi connectivity index (χ3n) is 4.69. The van der Waals surface area contributed by atoms with E-state index in [9.17, 15) is 22.4 Å². The summed E-state index contributed by atoms with van der Waals surface area (Å²) in [5.41, 5.74) is 0.0822. The molecule has 3 rings (SSSR count). The summed E-state index contributed by atoms with van der Waals surface area (Å²) in [5, 5.41) is 3.85. The molecular formula is C18H19ClF4N4O. The average Bonchev–Trinajstić information content (AvgIpc) is 2.99. The highest BCUT2D eigenvalue weighted by atomic mass is 35.5. The van der Waals surface area contributed by atoms with E-state index in [1.165, 1.54) is 19.1 Å². The first-order valence-electron chi connectivity index (χ1n) is 8.69. The molecule has 1 aromatic carbocycles. The molecule has 1 aliphatic heterocycles. The Bertz CT molecular complexity index is 860. The van der Waals surface area contributed by atoms with Gasteiger partial charge >= 0.3 is 6.18 Å². The summed E-state index contributed by atoms with van der Waals surface area (Å²) in [5.74, 6) is -0.675. The zero-order chi connectivity index (χ0) is 20.5. The molecule has 1 aromatic heterocycles. The van der Waals surface area contributed by atoms with Gasteiger partial charge in [-0.15, -0.1) is 0 Å². The number of rotatable bonds is 4. The summed E-state index contributed by atoms with van der Waals surface area (Å²) in [6, 6.07) is 5.17. The summed E-state index contributed by atoms with van der Waals surface area (Å²) >= 11 is 6.05. The van der Waals surface area contributed by atoms with Crippen molar-refractivity contribution >= 4 is 17.5 Å². The van der Waals surface area contributed by atoms with Crippen molar-refractivity contribution in [1.82, 2.24) is 19.6 Å². The van der Waals surface area contributed by atoms with E-state index in [4.69, 9.17) is 11.6 Å². The zero-order valence-electron chi connectivity index (χ0n) is 15.1. The topological polar surface area (TPSA) is 41.4 Å². The monoisotopic (exact) mass is 418 g/mol. The van der Waals surface area contributed by atoms with Crippen LogP contribution in [-0.4, -0.2) is 51.7 Å². The number of halogens is 5. The first-order chi connectivity index (χ1) is 13.1. The number of piperazine rings is 1. The lowest BCUT2D eigenvalue weighted by Crippen LogP contribution is -2.49. The van der Waals surface area contributed by atoms with Gasteiger partial charge < -0.3 is 4.90 Å². The van der Waals surface area contributed by atoms with Crippen molar-refractivity contribution in [1.29, 1.82) is 0 Å². The van der Waals surface area contributed by atoms with Crippen molar-refractivity contribution in [3.8, 4) is 0 Å².